The standard InChI is InChI=1S/C25H32FNO2.ClH/c26-23-13-11-22(12-14-23)25(28,21-9-5-2-6-10-21)24(20-7-3-1-4-8-20)19-27-15-17-29-18-16-27;/h1,3-4,7-8,11-14,21,24,28H,2,5-6,9-10,15-19H2;1H. The van der Waals surface area contributed by atoms with Gasteiger partial charge < -0.3 is 9.84 Å². The maximum atomic E-state index is 13.7. The van der Waals surface area contributed by atoms with Gasteiger partial charge in [0.15, 0.2) is 0 Å². The third-order valence-corrected chi connectivity index (χ3v) is 6.81. The van der Waals surface area contributed by atoms with Gasteiger partial charge >= 0.3 is 0 Å². The Morgan fingerprint density at radius 3 is 2.23 bits per heavy atom. The van der Waals surface area contributed by atoms with Gasteiger partial charge in [-0.1, -0.05) is 61.7 Å². The van der Waals surface area contributed by atoms with Gasteiger partial charge in [0, 0.05) is 25.6 Å². The molecule has 0 aromatic heterocycles. The van der Waals surface area contributed by atoms with Crippen molar-refractivity contribution in [2.24, 2.45) is 5.92 Å². The van der Waals surface area contributed by atoms with Gasteiger partial charge in [-0.05, 0) is 42.0 Å². The van der Waals surface area contributed by atoms with Gasteiger partial charge in [0.2, 0.25) is 0 Å². The van der Waals surface area contributed by atoms with Crippen molar-refractivity contribution in [3.8, 4) is 0 Å². The van der Waals surface area contributed by atoms with E-state index in [0.717, 1.165) is 69.7 Å². The summed E-state index contributed by atoms with van der Waals surface area (Å²) in [5.74, 6) is -0.160. The molecule has 4 rings (SSSR count). The summed E-state index contributed by atoms with van der Waals surface area (Å²) in [6.07, 6.45) is 5.55. The lowest BCUT2D eigenvalue weighted by Crippen LogP contribution is -2.48. The van der Waals surface area contributed by atoms with E-state index in [-0.39, 0.29) is 30.1 Å². The van der Waals surface area contributed by atoms with E-state index in [9.17, 15) is 9.50 Å². The monoisotopic (exact) mass is 433 g/mol. The van der Waals surface area contributed by atoms with Gasteiger partial charge in [-0.3, -0.25) is 4.90 Å². The first kappa shape index (κ1) is 23.2. The second-order valence-corrected chi connectivity index (χ2v) is 8.54. The summed E-state index contributed by atoms with van der Waals surface area (Å²) in [6, 6.07) is 16.9. The van der Waals surface area contributed by atoms with E-state index < -0.39 is 5.60 Å². The molecule has 2 aromatic carbocycles. The molecule has 0 amide bonds. The molecule has 164 valence electrons. The van der Waals surface area contributed by atoms with Crippen LogP contribution in [0.3, 0.4) is 0 Å². The Morgan fingerprint density at radius 1 is 0.967 bits per heavy atom. The lowest BCUT2D eigenvalue weighted by Gasteiger charge is -2.46. The SMILES string of the molecule is Cl.OC(c1ccc(F)cc1)(C1CCCCC1)C(CN1CCOCC1)c1ccccc1. The molecule has 1 heterocycles. The van der Waals surface area contributed by atoms with Crippen LogP contribution in [-0.2, 0) is 10.3 Å². The lowest BCUT2D eigenvalue weighted by atomic mass is 9.65. The average molecular weight is 434 g/mol. The first-order chi connectivity index (χ1) is 14.2. The zero-order valence-corrected chi connectivity index (χ0v) is 18.3. The fourth-order valence-electron chi connectivity index (χ4n) is 5.21. The Labute approximate surface area is 185 Å². The Balaban J connectivity index is 0.00000256. The van der Waals surface area contributed by atoms with Crippen molar-refractivity contribution in [1.82, 2.24) is 4.90 Å². The molecular formula is C25H33ClFNO2. The maximum Gasteiger partial charge on any atom is 0.123 e. The smallest absolute Gasteiger partial charge is 0.123 e. The molecule has 2 atom stereocenters. The Kier molecular flexibility index (Phi) is 8.29. The molecule has 0 spiro atoms. The summed E-state index contributed by atoms with van der Waals surface area (Å²) in [7, 11) is 0. The molecule has 5 heteroatoms. The first-order valence-corrected chi connectivity index (χ1v) is 11.0. The molecule has 2 unspecified atom stereocenters. The van der Waals surface area contributed by atoms with Gasteiger partial charge in [0.25, 0.3) is 0 Å². The molecule has 2 aliphatic rings. The number of ether oxygens (including phenoxy) is 1. The molecule has 1 saturated heterocycles. The van der Waals surface area contributed by atoms with Crippen LogP contribution in [0.25, 0.3) is 0 Å². The molecule has 3 nitrogen and oxygen atoms in total. The van der Waals surface area contributed by atoms with Crippen molar-refractivity contribution in [2.45, 2.75) is 43.6 Å². The predicted octanol–water partition coefficient (Wildman–Crippen LogP) is 5.13. The van der Waals surface area contributed by atoms with Crippen LogP contribution in [0.1, 0.15) is 49.1 Å². The summed E-state index contributed by atoms with van der Waals surface area (Å²) in [5, 5.41) is 12.5. The zero-order chi connectivity index (χ0) is 20.1. The van der Waals surface area contributed by atoms with Gasteiger partial charge in [-0.15, -0.1) is 12.4 Å². The average Bonchev–Trinajstić information content (AvgIpc) is 2.79. The minimum absolute atomic E-state index is 0. The van der Waals surface area contributed by atoms with Crippen LogP contribution in [0, 0.1) is 11.7 Å². The van der Waals surface area contributed by atoms with Crippen molar-refractivity contribution < 1.29 is 14.2 Å². The van der Waals surface area contributed by atoms with Crippen LogP contribution in [0.15, 0.2) is 54.6 Å². The summed E-state index contributed by atoms with van der Waals surface area (Å²) < 4.78 is 19.3. The van der Waals surface area contributed by atoms with Crippen molar-refractivity contribution in [3.63, 3.8) is 0 Å². The Morgan fingerprint density at radius 2 is 1.60 bits per heavy atom. The number of morpholine rings is 1. The minimum atomic E-state index is -1.02. The van der Waals surface area contributed by atoms with E-state index in [1.165, 1.54) is 18.6 Å². The highest BCUT2D eigenvalue weighted by Gasteiger charge is 2.46. The fraction of sp³-hybridized carbons (Fsp3) is 0.520. The highest BCUT2D eigenvalue weighted by molar-refractivity contribution is 5.85. The van der Waals surface area contributed by atoms with Crippen molar-refractivity contribution in [1.29, 1.82) is 0 Å². The summed E-state index contributed by atoms with van der Waals surface area (Å²) in [5.41, 5.74) is 0.970. The van der Waals surface area contributed by atoms with E-state index in [1.54, 1.807) is 12.1 Å². The largest absolute Gasteiger partial charge is 0.384 e. The summed E-state index contributed by atoms with van der Waals surface area (Å²) in [6.45, 7) is 4.01. The van der Waals surface area contributed by atoms with E-state index in [4.69, 9.17) is 4.74 Å². The third kappa shape index (κ3) is 5.05. The molecule has 0 radical (unpaired) electrons. The molecule has 1 saturated carbocycles. The van der Waals surface area contributed by atoms with Gasteiger partial charge in [0.1, 0.15) is 11.4 Å². The van der Waals surface area contributed by atoms with Crippen LogP contribution in [0.4, 0.5) is 4.39 Å². The molecule has 2 fully saturated rings. The quantitative estimate of drug-likeness (QED) is 0.685. The predicted molar refractivity (Wildman–Crippen MR) is 121 cm³/mol. The Bertz CT molecular complexity index is 760. The number of hydrogen-bond donors (Lipinski definition) is 1. The molecule has 30 heavy (non-hydrogen) atoms. The zero-order valence-electron chi connectivity index (χ0n) is 17.5. The van der Waals surface area contributed by atoms with E-state index in [0.29, 0.717) is 0 Å². The summed E-state index contributed by atoms with van der Waals surface area (Å²) in [4.78, 5) is 2.40. The van der Waals surface area contributed by atoms with Gasteiger partial charge in [0.05, 0.1) is 13.2 Å². The molecule has 1 N–H and O–H groups in total. The number of benzene rings is 2. The molecule has 0 bridgehead atoms. The second kappa shape index (κ2) is 10.7. The topological polar surface area (TPSA) is 32.7 Å². The fourth-order valence-corrected chi connectivity index (χ4v) is 5.21. The van der Waals surface area contributed by atoms with E-state index in [2.05, 4.69) is 17.0 Å². The van der Waals surface area contributed by atoms with Gasteiger partial charge in [-0.2, -0.15) is 0 Å². The third-order valence-electron chi connectivity index (χ3n) is 6.81. The first-order valence-electron chi connectivity index (χ1n) is 11.0. The normalized spacial score (nSPS) is 21.4. The van der Waals surface area contributed by atoms with Gasteiger partial charge in [-0.25, -0.2) is 4.39 Å². The molecule has 2 aromatic rings. The van der Waals surface area contributed by atoms with Crippen LogP contribution in [-0.4, -0.2) is 42.9 Å². The molecule has 1 aliphatic carbocycles. The van der Waals surface area contributed by atoms with E-state index >= 15 is 0 Å². The number of halogens is 2. The highest BCUT2D eigenvalue weighted by Crippen LogP contribution is 2.48. The van der Waals surface area contributed by atoms with Crippen molar-refractivity contribution >= 4 is 12.4 Å². The van der Waals surface area contributed by atoms with Crippen molar-refractivity contribution in [2.75, 3.05) is 32.8 Å². The summed E-state index contributed by atoms with van der Waals surface area (Å²) >= 11 is 0. The second-order valence-electron chi connectivity index (χ2n) is 8.54. The van der Waals surface area contributed by atoms with Crippen molar-refractivity contribution in [3.05, 3.63) is 71.5 Å². The number of aliphatic hydroxyl groups is 1. The lowest BCUT2D eigenvalue weighted by molar-refractivity contribution is -0.0758. The number of nitrogens with zero attached hydrogens (tertiary/aromatic N) is 1. The van der Waals surface area contributed by atoms with Crippen LogP contribution < -0.4 is 0 Å². The van der Waals surface area contributed by atoms with Crippen LogP contribution in [0.5, 0.6) is 0 Å². The Hall–Kier alpha value is -1.46. The molecular weight excluding hydrogens is 401 g/mol. The highest BCUT2D eigenvalue weighted by atomic mass is 35.5. The van der Waals surface area contributed by atoms with Crippen LogP contribution >= 0.6 is 12.4 Å². The number of hydrogen-bond acceptors (Lipinski definition) is 3. The maximum absolute atomic E-state index is 13.7. The molecule has 1 aliphatic heterocycles. The number of rotatable bonds is 6. The minimum Gasteiger partial charge on any atom is -0.384 e. The van der Waals surface area contributed by atoms with Crippen LogP contribution in [0.2, 0.25) is 0 Å². The van der Waals surface area contributed by atoms with E-state index in [1.807, 2.05) is 18.2 Å².